The molecular formula is C13H19N3O2. The van der Waals surface area contributed by atoms with Gasteiger partial charge in [-0.15, -0.1) is 0 Å². The Balaban J connectivity index is 2.08. The van der Waals surface area contributed by atoms with Gasteiger partial charge in [-0.3, -0.25) is 9.78 Å². The van der Waals surface area contributed by atoms with E-state index in [0.29, 0.717) is 25.4 Å². The van der Waals surface area contributed by atoms with Gasteiger partial charge >= 0.3 is 0 Å². The Bertz CT molecular complexity index is 405. The number of pyridine rings is 1. The highest BCUT2D eigenvalue weighted by Crippen LogP contribution is 2.10. The molecule has 1 aliphatic heterocycles. The molecule has 0 saturated carbocycles. The molecule has 2 rings (SSSR count). The molecule has 0 spiro atoms. The number of carbonyl (C=O) groups excluding carboxylic acids is 1. The van der Waals surface area contributed by atoms with E-state index in [2.05, 4.69) is 4.98 Å². The molecule has 5 nitrogen and oxygen atoms in total. The van der Waals surface area contributed by atoms with E-state index in [1.807, 2.05) is 17.9 Å². The maximum absolute atomic E-state index is 12.3. The molecule has 2 N–H and O–H groups in total. The van der Waals surface area contributed by atoms with Crippen LogP contribution in [0.3, 0.4) is 0 Å². The van der Waals surface area contributed by atoms with Crippen LogP contribution in [0, 0.1) is 0 Å². The van der Waals surface area contributed by atoms with E-state index in [-0.39, 0.29) is 12.0 Å². The topological polar surface area (TPSA) is 68.5 Å². The molecular weight excluding hydrogens is 230 g/mol. The van der Waals surface area contributed by atoms with Gasteiger partial charge in [-0.25, -0.2) is 0 Å². The third-order valence-corrected chi connectivity index (χ3v) is 3.02. The SMILES string of the molecule is CC1CN(C(=O)c2ccc(CN)cn2)CCCO1. The van der Waals surface area contributed by atoms with Crippen LogP contribution in [0.2, 0.25) is 0 Å². The van der Waals surface area contributed by atoms with Crippen LogP contribution in [-0.2, 0) is 11.3 Å². The molecule has 1 fully saturated rings. The van der Waals surface area contributed by atoms with Gasteiger partial charge in [-0.1, -0.05) is 6.07 Å². The van der Waals surface area contributed by atoms with Crippen LogP contribution in [0.5, 0.6) is 0 Å². The van der Waals surface area contributed by atoms with Crippen LogP contribution in [-0.4, -0.2) is 41.6 Å². The summed E-state index contributed by atoms with van der Waals surface area (Å²) < 4.78 is 5.52. The molecule has 0 aliphatic carbocycles. The van der Waals surface area contributed by atoms with Crippen molar-refractivity contribution in [2.45, 2.75) is 26.0 Å². The molecule has 2 heterocycles. The number of rotatable bonds is 2. The van der Waals surface area contributed by atoms with Crippen molar-refractivity contribution in [3.05, 3.63) is 29.6 Å². The second kappa shape index (κ2) is 5.93. The zero-order valence-electron chi connectivity index (χ0n) is 10.6. The highest BCUT2D eigenvalue weighted by molar-refractivity contribution is 5.92. The minimum atomic E-state index is -0.0316. The average molecular weight is 249 g/mol. The largest absolute Gasteiger partial charge is 0.377 e. The Morgan fingerprint density at radius 1 is 1.61 bits per heavy atom. The monoisotopic (exact) mass is 249 g/mol. The quantitative estimate of drug-likeness (QED) is 0.841. The van der Waals surface area contributed by atoms with E-state index >= 15 is 0 Å². The first-order valence-electron chi connectivity index (χ1n) is 6.26. The van der Waals surface area contributed by atoms with Crippen LogP contribution in [0.1, 0.15) is 29.4 Å². The molecule has 5 heteroatoms. The van der Waals surface area contributed by atoms with E-state index in [0.717, 1.165) is 18.5 Å². The first-order valence-corrected chi connectivity index (χ1v) is 6.26. The van der Waals surface area contributed by atoms with Crippen molar-refractivity contribution in [3.63, 3.8) is 0 Å². The molecule has 1 aromatic rings. The Hall–Kier alpha value is -1.46. The zero-order valence-corrected chi connectivity index (χ0v) is 10.6. The van der Waals surface area contributed by atoms with Crippen molar-refractivity contribution in [3.8, 4) is 0 Å². The summed E-state index contributed by atoms with van der Waals surface area (Å²) in [6.45, 7) is 4.49. The van der Waals surface area contributed by atoms with Gasteiger partial charge < -0.3 is 15.4 Å². The second-order valence-corrected chi connectivity index (χ2v) is 4.54. The third kappa shape index (κ3) is 3.05. The number of aromatic nitrogens is 1. The molecule has 1 saturated heterocycles. The maximum Gasteiger partial charge on any atom is 0.272 e. The zero-order chi connectivity index (χ0) is 13.0. The highest BCUT2D eigenvalue weighted by Gasteiger charge is 2.21. The second-order valence-electron chi connectivity index (χ2n) is 4.54. The number of hydrogen-bond acceptors (Lipinski definition) is 4. The van der Waals surface area contributed by atoms with Gasteiger partial charge in [-0.05, 0) is 25.0 Å². The number of carbonyl (C=O) groups is 1. The molecule has 1 unspecified atom stereocenters. The van der Waals surface area contributed by atoms with Crippen molar-refractivity contribution in [2.75, 3.05) is 19.7 Å². The summed E-state index contributed by atoms with van der Waals surface area (Å²) in [6, 6.07) is 3.58. The van der Waals surface area contributed by atoms with E-state index in [1.54, 1.807) is 12.3 Å². The summed E-state index contributed by atoms with van der Waals surface area (Å²) in [5.74, 6) is -0.0316. The van der Waals surface area contributed by atoms with Crippen molar-refractivity contribution < 1.29 is 9.53 Å². The molecule has 0 radical (unpaired) electrons. The van der Waals surface area contributed by atoms with Crippen molar-refractivity contribution >= 4 is 5.91 Å². The molecule has 0 aromatic carbocycles. The van der Waals surface area contributed by atoms with Crippen molar-refractivity contribution in [1.82, 2.24) is 9.88 Å². The molecule has 1 atom stereocenters. The molecule has 98 valence electrons. The first-order chi connectivity index (χ1) is 8.70. The maximum atomic E-state index is 12.3. The van der Waals surface area contributed by atoms with Gasteiger partial charge in [0.05, 0.1) is 6.10 Å². The molecule has 1 aliphatic rings. The standard InChI is InChI=1S/C13H19N3O2/c1-10-9-16(5-2-6-18-10)13(17)12-4-3-11(7-14)8-15-12/h3-4,8,10H,2,5-7,9,14H2,1H3. The fourth-order valence-corrected chi connectivity index (χ4v) is 2.01. The lowest BCUT2D eigenvalue weighted by Gasteiger charge is -2.21. The lowest BCUT2D eigenvalue weighted by atomic mass is 10.2. The minimum absolute atomic E-state index is 0.0316. The number of ether oxygens (including phenoxy) is 1. The molecule has 1 amide bonds. The summed E-state index contributed by atoms with van der Waals surface area (Å²) in [5, 5.41) is 0. The molecule has 0 bridgehead atoms. The number of amides is 1. The Morgan fingerprint density at radius 2 is 2.44 bits per heavy atom. The van der Waals surface area contributed by atoms with Crippen LogP contribution in [0.15, 0.2) is 18.3 Å². The van der Waals surface area contributed by atoms with E-state index in [1.165, 1.54) is 0 Å². The van der Waals surface area contributed by atoms with E-state index in [9.17, 15) is 4.79 Å². The van der Waals surface area contributed by atoms with Gasteiger partial charge in [0.15, 0.2) is 0 Å². The van der Waals surface area contributed by atoms with Gasteiger partial charge in [0, 0.05) is 32.4 Å². The summed E-state index contributed by atoms with van der Waals surface area (Å²) in [6.07, 6.45) is 2.61. The van der Waals surface area contributed by atoms with Crippen LogP contribution in [0.4, 0.5) is 0 Å². The normalized spacial score (nSPS) is 20.6. The summed E-state index contributed by atoms with van der Waals surface area (Å²) in [7, 11) is 0. The fourth-order valence-electron chi connectivity index (χ4n) is 2.01. The van der Waals surface area contributed by atoms with Gasteiger partial charge in [-0.2, -0.15) is 0 Å². The highest BCUT2D eigenvalue weighted by atomic mass is 16.5. The number of nitrogens with two attached hydrogens (primary N) is 1. The van der Waals surface area contributed by atoms with Crippen molar-refractivity contribution in [1.29, 1.82) is 0 Å². The average Bonchev–Trinajstić information content (AvgIpc) is 2.63. The molecule has 18 heavy (non-hydrogen) atoms. The number of hydrogen-bond donors (Lipinski definition) is 1. The van der Waals surface area contributed by atoms with E-state index < -0.39 is 0 Å². The smallest absolute Gasteiger partial charge is 0.272 e. The van der Waals surface area contributed by atoms with Gasteiger partial charge in [0.25, 0.3) is 5.91 Å². The fraction of sp³-hybridized carbons (Fsp3) is 0.538. The van der Waals surface area contributed by atoms with Crippen molar-refractivity contribution in [2.24, 2.45) is 5.73 Å². The Kier molecular flexibility index (Phi) is 4.28. The van der Waals surface area contributed by atoms with Crippen LogP contribution >= 0.6 is 0 Å². The Morgan fingerprint density at radius 3 is 3.11 bits per heavy atom. The van der Waals surface area contributed by atoms with E-state index in [4.69, 9.17) is 10.5 Å². The summed E-state index contributed by atoms with van der Waals surface area (Å²) in [4.78, 5) is 18.3. The summed E-state index contributed by atoms with van der Waals surface area (Å²) >= 11 is 0. The van der Waals surface area contributed by atoms with Crippen LogP contribution in [0.25, 0.3) is 0 Å². The van der Waals surface area contributed by atoms with Gasteiger partial charge in [0.1, 0.15) is 5.69 Å². The first kappa shape index (κ1) is 13.0. The lowest BCUT2D eigenvalue weighted by Crippen LogP contribution is -2.36. The summed E-state index contributed by atoms with van der Waals surface area (Å²) in [5.41, 5.74) is 6.91. The lowest BCUT2D eigenvalue weighted by molar-refractivity contribution is 0.0559. The predicted octanol–water partition coefficient (Wildman–Crippen LogP) is 0.791. The molecule has 1 aromatic heterocycles. The number of nitrogens with zero attached hydrogens (tertiary/aromatic N) is 2. The minimum Gasteiger partial charge on any atom is -0.377 e. The third-order valence-electron chi connectivity index (χ3n) is 3.02. The van der Waals surface area contributed by atoms with Gasteiger partial charge in [0.2, 0.25) is 0 Å². The van der Waals surface area contributed by atoms with Crippen LogP contribution < -0.4 is 5.73 Å². The Labute approximate surface area is 107 Å². The predicted molar refractivity (Wildman–Crippen MR) is 68.1 cm³/mol.